The van der Waals surface area contributed by atoms with Crippen LogP contribution in [0.1, 0.15) is 6.42 Å². The Hall–Kier alpha value is -2.20. The number of carbonyl (C=O) groups excluding carboxylic acids is 1. The van der Waals surface area contributed by atoms with E-state index in [0.717, 1.165) is 11.1 Å². The van der Waals surface area contributed by atoms with Crippen LogP contribution in [0, 0.1) is 0 Å². The minimum absolute atomic E-state index is 0.0417. The van der Waals surface area contributed by atoms with Crippen molar-refractivity contribution in [3.63, 3.8) is 0 Å². The number of pyridine rings is 1. The molecule has 3 rings (SSSR count). The molecule has 0 saturated carbocycles. The second kappa shape index (κ2) is 4.82. The summed E-state index contributed by atoms with van der Waals surface area (Å²) >= 11 is 0. The van der Waals surface area contributed by atoms with E-state index < -0.39 is 0 Å². The third-order valence-electron chi connectivity index (χ3n) is 3.38. The summed E-state index contributed by atoms with van der Waals surface area (Å²) in [4.78, 5) is 17.8. The number of aromatic nitrogens is 1. The molecule has 1 aromatic heterocycles. The average Bonchev–Trinajstić information content (AvgIpc) is 2.80. The fourth-order valence-electron chi connectivity index (χ4n) is 2.28. The Morgan fingerprint density at radius 1 is 1.11 bits per heavy atom. The van der Waals surface area contributed by atoms with Crippen LogP contribution in [0.25, 0.3) is 11.1 Å². The van der Waals surface area contributed by atoms with Crippen molar-refractivity contribution >= 4 is 11.7 Å². The van der Waals surface area contributed by atoms with Crippen molar-refractivity contribution in [2.45, 2.75) is 12.5 Å². The van der Waals surface area contributed by atoms with Crippen molar-refractivity contribution in [2.75, 3.05) is 11.4 Å². The number of amides is 1. The van der Waals surface area contributed by atoms with Gasteiger partial charge in [0.25, 0.3) is 0 Å². The molecule has 2 heterocycles. The fraction of sp³-hybridized carbons (Fsp3) is 0.200. The average molecular weight is 253 g/mol. The largest absolute Gasteiger partial charge is 0.320 e. The first-order valence-electron chi connectivity index (χ1n) is 6.34. The molecule has 2 N–H and O–H groups in total. The molecule has 0 spiro atoms. The first-order chi connectivity index (χ1) is 9.25. The number of nitrogens with zero attached hydrogens (tertiary/aromatic N) is 2. The number of carbonyl (C=O) groups is 1. The van der Waals surface area contributed by atoms with Crippen LogP contribution in [0.15, 0.2) is 48.7 Å². The minimum Gasteiger partial charge on any atom is -0.320 e. The number of hydrogen-bond donors (Lipinski definition) is 1. The number of hydrogen-bond acceptors (Lipinski definition) is 3. The van der Waals surface area contributed by atoms with E-state index in [-0.39, 0.29) is 11.9 Å². The van der Waals surface area contributed by atoms with E-state index in [0.29, 0.717) is 18.8 Å². The van der Waals surface area contributed by atoms with E-state index in [4.69, 9.17) is 5.73 Å². The number of benzene rings is 1. The zero-order valence-corrected chi connectivity index (χ0v) is 10.5. The molecule has 1 amide bonds. The van der Waals surface area contributed by atoms with E-state index in [9.17, 15) is 4.79 Å². The van der Waals surface area contributed by atoms with Gasteiger partial charge in [-0.2, -0.15) is 0 Å². The highest BCUT2D eigenvalue weighted by Gasteiger charge is 2.30. The second-order valence-electron chi connectivity index (χ2n) is 4.66. The second-order valence-corrected chi connectivity index (χ2v) is 4.66. The molecule has 0 aliphatic carbocycles. The first-order valence-corrected chi connectivity index (χ1v) is 6.34. The number of anilines is 1. The molecule has 4 nitrogen and oxygen atoms in total. The van der Waals surface area contributed by atoms with Crippen molar-refractivity contribution < 1.29 is 4.79 Å². The third kappa shape index (κ3) is 2.22. The zero-order valence-electron chi connectivity index (χ0n) is 10.5. The summed E-state index contributed by atoms with van der Waals surface area (Å²) in [5, 5.41) is 0. The smallest absolute Gasteiger partial charge is 0.245 e. The minimum atomic E-state index is -0.379. The standard InChI is InChI=1S/C15H15N3O/c16-13-8-9-18(15(13)19)14-7-6-12(10-17-14)11-4-2-1-3-5-11/h1-7,10,13H,8-9,16H2/t13-/m0/s1. The predicted octanol–water partition coefficient (Wildman–Crippen LogP) is 1.81. The first kappa shape index (κ1) is 11.9. The lowest BCUT2D eigenvalue weighted by Crippen LogP contribution is -2.34. The van der Waals surface area contributed by atoms with Crippen LogP contribution in [-0.2, 0) is 4.79 Å². The molecule has 0 radical (unpaired) electrons. The molecular weight excluding hydrogens is 238 g/mol. The maximum absolute atomic E-state index is 11.8. The van der Waals surface area contributed by atoms with Crippen LogP contribution < -0.4 is 10.6 Å². The Morgan fingerprint density at radius 2 is 1.89 bits per heavy atom. The number of nitrogens with two attached hydrogens (primary N) is 1. The molecule has 2 aromatic rings. The molecule has 1 saturated heterocycles. The maximum atomic E-state index is 11.8. The van der Waals surface area contributed by atoms with Gasteiger partial charge < -0.3 is 5.73 Å². The van der Waals surface area contributed by atoms with Gasteiger partial charge in [0.1, 0.15) is 5.82 Å². The highest BCUT2D eigenvalue weighted by atomic mass is 16.2. The van der Waals surface area contributed by atoms with Crippen molar-refractivity contribution in [3.05, 3.63) is 48.7 Å². The molecule has 1 aromatic carbocycles. The summed E-state index contributed by atoms with van der Waals surface area (Å²) in [5.74, 6) is 0.637. The molecule has 0 bridgehead atoms. The summed E-state index contributed by atoms with van der Waals surface area (Å²) in [6, 6.07) is 13.5. The fourth-order valence-corrected chi connectivity index (χ4v) is 2.28. The molecule has 19 heavy (non-hydrogen) atoms. The van der Waals surface area contributed by atoms with E-state index in [1.165, 1.54) is 0 Å². The third-order valence-corrected chi connectivity index (χ3v) is 3.38. The van der Waals surface area contributed by atoms with Gasteiger partial charge in [0.15, 0.2) is 0 Å². The van der Waals surface area contributed by atoms with Crippen molar-refractivity contribution in [1.82, 2.24) is 4.98 Å². The molecule has 1 fully saturated rings. The lowest BCUT2D eigenvalue weighted by atomic mass is 10.1. The lowest BCUT2D eigenvalue weighted by molar-refractivity contribution is -0.118. The van der Waals surface area contributed by atoms with Crippen molar-refractivity contribution in [1.29, 1.82) is 0 Å². The summed E-state index contributed by atoms with van der Waals surface area (Å²) < 4.78 is 0. The van der Waals surface area contributed by atoms with E-state index in [2.05, 4.69) is 4.98 Å². The molecule has 96 valence electrons. The van der Waals surface area contributed by atoms with Crippen molar-refractivity contribution in [2.24, 2.45) is 5.73 Å². The van der Waals surface area contributed by atoms with Crippen LogP contribution >= 0.6 is 0 Å². The quantitative estimate of drug-likeness (QED) is 0.888. The van der Waals surface area contributed by atoms with Crippen LogP contribution in [0.5, 0.6) is 0 Å². The van der Waals surface area contributed by atoms with Gasteiger partial charge in [-0.05, 0) is 24.1 Å². The SMILES string of the molecule is N[C@H]1CCN(c2ccc(-c3ccccc3)cn2)C1=O. The molecule has 4 heteroatoms. The number of rotatable bonds is 2. The van der Waals surface area contributed by atoms with Gasteiger partial charge >= 0.3 is 0 Å². The molecule has 1 aliphatic rings. The van der Waals surface area contributed by atoms with Gasteiger partial charge in [-0.1, -0.05) is 30.3 Å². The molecular formula is C15H15N3O. The topological polar surface area (TPSA) is 59.2 Å². The lowest BCUT2D eigenvalue weighted by Gasteiger charge is -2.15. The van der Waals surface area contributed by atoms with Crippen molar-refractivity contribution in [3.8, 4) is 11.1 Å². The van der Waals surface area contributed by atoms with Gasteiger partial charge in [-0.3, -0.25) is 9.69 Å². The maximum Gasteiger partial charge on any atom is 0.245 e. The Kier molecular flexibility index (Phi) is 3.01. The highest BCUT2D eigenvalue weighted by Crippen LogP contribution is 2.23. The molecule has 1 aliphatic heterocycles. The summed E-state index contributed by atoms with van der Waals surface area (Å²) in [6.45, 7) is 0.650. The van der Waals surface area contributed by atoms with Gasteiger partial charge in [-0.15, -0.1) is 0 Å². The molecule has 0 unspecified atom stereocenters. The van der Waals surface area contributed by atoms with E-state index >= 15 is 0 Å². The monoisotopic (exact) mass is 253 g/mol. The van der Waals surface area contributed by atoms with Gasteiger partial charge in [-0.25, -0.2) is 4.98 Å². The Balaban J connectivity index is 1.86. The van der Waals surface area contributed by atoms with Crippen LogP contribution in [0.3, 0.4) is 0 Å². The van der Waals surface area contributed by atoms with Crippen LogP contribution in [-0.4, -0.2) is 23.5 Å². The summed E-state index contributed by atoms with van der Waals surface area (Å²) in [5.41, 5.74) is 7.87. The summed E-state index contributed by atoms with van der Waals surface area (Å²) in [7, 11) is 0. The molecule has 1 atom stereocenters. The van der Waals surface area contributed by atoms with Crippen LogP contribution in [0.2, 0.25) is 0 Å². The van der Waals surface area contributed by atoms with Gasteiger partial charge in [0.2, 0.25) is 5.91 Å². The van der Waals surface area contributed by atoms with Crippen LogP contribution in [0.4, 0.5) is 5.82 Å². The Labute approximate surface area is 111 Å². The van der Waals surface area contributed by atoms with Gasteiger partial charge in [0.05, 0.1) is 6.04 Å². The normalized spacial score (nSPS) is 18.9. The Bertz CT molecular complexity index is 580. The summed E-state index contributed by atoms with van der Waals surface area (Å²) in [6.07, 6.45) is 2.49. The van der Waals surface area contributed by atoms with E-state index in [1.807, 2.05) is 42.5 Å². The van der Waals surface area contributed by atoms with E-state index in [1.54, 1.807) is 11.1 Å². The predicted molar refractivity (Wildman–Crippen MR) is 74.6 cm³/mol. The zero-order chi connectivity index (χ0) is 13.2. The Morgan fingerprint density at radius 3 is 2.47 bits per heavy atom. The van der Waals surface area contributed by atoms with Gasteiger partial charge in [0, 0.05) is 18.3 Å². The highest BCUT2D eigenvalue weighted by molar-refractivity contribution is 5.98.